The second kappa shape index (κ2) is 8.50. The first-order valence-electron chi connectivity index (χ1n) is 9.55. The number of phenolic OH excluding ortho intramolecular Hbond substituents is 1. The van der Waals surface area contributed by atoms with Crippen LogP contribution in [0.25, 0.3) is 0 Å². The van der Waals surface area contributed by atoms with Gasteiger partial charge in [-0.25, -0.2) is 0 Å². The molecule has 4 rings (SSSR count). The maximum Gasteiger partial charge on any atom is 0.229 e. The summed E-state index contributed by atoms with van der Waals surface area (Å²) in [6.45, 7) is 2.64. The number of fused-ring (bicyclic) bond motifs is 1. The molecule has 1 amide bonds. The van der Waals surface area contributed by atoms with Gasteiger partial charge in [0.1, 0.15) is 0 Å². The highest BCUT2D eigenvalue weighted by atomic mass is 35.5. The Hall–Kier alpha value is -2.82. The average Bonchev–Trinajstić information content (AvgIpc) is 2.76. The molecule has 0 unspecified atom stereocenters. The van der Waals surface area contributed by atoms with Gasteiger partial charge in [-0.05, 0) is 48.9 Å². The molecule has 1 saturated heterocycles. The van der Waals surface area contributed by atoms with E-state index in [9.17, 15) is 15.2 Å². The van der Waals surface area contributed by atoms with E-state index in [1.165, 1.54) is 11.8 Å². The second-order valence-corrected chi connectivity index (χ2v) is 8.37. The predicted octanol–water partition coefficient (Wildman–Crippen LogP) is 4.66. The topological polar surface area (TPSA) is 76.8 Å². The van der Waals surface area contributed by atoms with Crippen molar-refractivity contribution in [3.63, 3.8) is 0 Å². The van der Waals surface area contributed by atoms with Crippen molar-refractivity contribution >= 4 is 35.0 Å². The summed E-state index contributed by atoms with van der Waals surface area (Å²) in [5.41, 5.74) is 2.33. The number of nitrogens with zero attached hydrogens (tertiary/aromatic N) is 3. The van der Waals surface area contributed by atoms with Crippen molar-refractivity contribution in [1.29, 1.82) is 5.26 Å². The molecule has 0 aliphatic carbocycles. The highest BCUT2D eigenvalue weighted by molar-refractivity contribution is 8.03. The Kier molecular flexibility index (Phi) is 5.80. The lowest BCUT2D eigenvalue weighted by atomic mass is 9.86. The Morgan fingerprint density at radius 3 is 2.77 bits per heavy atom. The van der Waals surface area contributed by atoms with Crippen LogP contribution in [0.15, 0.2) is 53.1 Å². The highest BCUT2D eigenvalue weighted by Crippen LogP contribution is 2.44. The quantitative estimate of drug-likeness (QED) is 0.743. The lowest BCUT2D eigenvalue weighted by Crippen LogP contribution is -2.47. The van der Waals surface area contributed by atoms with E-state index in [1.54, 1.807) is 23.1 Å². The van der Waals surface area contributed by atoms with E-state index in [0.717, 1.165) is 11.3 Å². The molecule has 2 aromatic rings. The number of carbonyl (C=O) groups excluding carboxylic acids is 1. The molecule has 8 heteroatoms. The third-order valence-electron chi connectivity index (χ3n) is 5.17. The van der Waals surface area contributed by atoms with Crippen LogP contribution in [0.2, 0.25) is 5.02 Å². The summed E-state index contributed by atoms with van der Waals surface area (Å²) in [6, 6.07) is 14.8. The molecule has 1 N–H and O–H groups in total. The number of hydrogen-bond acceptors (Lipinski definition) is 6. The molecule has 154 valence electrons. The maximum absolute atomic E-state index is 13.0. The summed E-state index contributed by atoms with van der Waals surface area (Å²) >= 11 is 7.46. The number of benzene rings is 2. The number of thioether (sulfide) groups is 1. The van der Waals surface area contributed by atoms with Gasteiger partial charge in [-0.2, -0.15) is 5.26 Å². The molecule has 0 aromatic heterocycles. The van der Waals surface area contributed by atoms with Crippen molar-refractivity contribution in [2.24, 2.45) is 0 Å². The molecule has 0 bridgehead atoms. The van der Waals surface area contributed by atoms with Crippen LogP contribution in [0.3, 0.4) is 0 Å². The van der Waals surface area contributed by atoms with Crippen molar-refractivity contribution in [2.75, 3.05) is 24.1 Å². The van der Waals surface area contributed by atoms with E-state index in [1.807, 2.05) is 31.2 Å². The van der Waals surface area contributed by atoms with Gasteiger partial charge in [-0.1, -0.05) is 29.4 Å². The second-order valence-electron chi connectivity index (χ2n) is 7.00. The third kappa shape index (κ3) is 3.81. The van der Waals surface area contributed by atoms with Gasteiger partial charge in [0.15, 0.2) is 11.5 Å². The molecule has 30 heavy (non-hydrogen) atoms. The first kappa shape index (κ1) is 20.5. The Balaban J connectivity index is 1.65. The molecule has 1 fully saturated rings. The fourth-order valence-electron chi connectivity index (χ4n) is 3.68. The van der Waals surface area contributed by atoms with Gasteiger partial charge < -0.3 is 14.7 Å². The van der Waals surface area contributed by atoms with E-state index in [4.69, 9.17) is 16.3 Å². The molecular weight excluding hydrogens is 422 g/mol. The summed E-state index contributed by atoms with van der Waals surface area (Å²) in [6.07, 6.45) is 0.192. The number of nitriles is 1. The van der Waals surface area contributed by atoms with E-state index < -0.39 is 0 Å². The molecule has 2 heterocycles. The van der Waals surface area contributed by atoms with E-state index in [0.29, 0.717) is 40.5 Å². The SMILES string of the molecule is CCOc1cc([C@H]2CC(=O)N3CN(c4ccc(Cl)cc4)CSC3=C2C#N)ccc1O. The molecule has 2 aliphatic heterocycles. The Labute approximate surface area is 184 Å². The van der Waals surface area contributed by atoms with Gasteiger partial charge in [0.2, 0.25) is 5.91 Å². The predicted molar refractivity (Wildman–Crippen MR) is 117 cm³/mol. The van der Waals surface area contributed by atoms with Crippen molar-refractivity contribution in [3.05, 3.63) is 63.7 Å². The van der Waals surface area contributed by atoms with Crippen LogP contribution < -0.4 is 9.64 Å². The van der Waals surface area contributed by atoms with Crippen LogP contribution in [0, 0.1) is 11.3 Å². The number of phenols is 1. The fraction of sp³-hybridized carbons (Fsp3) is 0.273. The molecule has 2 aliphatic rings. The van der Waals surface area contributed by atoms with Crippen LogP contribution >= 0.6 is 23.4 Å². The monoisotopic (exact) mass is 441 g/mol. The van der Waals surface area contributed by atoms with Gasteiger partial charge in [0.05, 0.1) is 35.8 Å². The van der Waals surface area contributed by atoms with Crippen LogP contribution in [-0.2, 0) is 4.79 Å². The zero-order valence-electron chi connectivity index (χ0n) is 16.3. The Morgan fingerprint density at radius 2 is 2.07 bits per heavy atom. The first-order valence-corrected chi connectivity index (χ1v) is 10.9. The lowest BCUT2D eigenvalue weighted by Gasteiger charge is -2.42. The van der Waals surface area contributed by atoms with E-state index in [2.05, 4.69) is 11.0 Å². The van der Waals surface area contributed by atoms with Crippen LogP contribution in [-0.4, -0.2) is 35.1 Å². The maximum atomic E-state index is 13.0. The largest absolute Gasteiger partial charge is 0.504 e. The molecule has 1 atom stereocenters. The lowest BCUT2D eigenvalue weighted by molar-refractivity contribution is -0.129. The highest BCUT2D eigenvalue weighted by Gasteiger charge is 2.38. The minimum absolute atomic E-state index is 0.0359. The average molecular weight is 442 g/mol. The van der Waals surface area contributed by atoms with Gasteiger partial charge in [-0.15, -0.1) is 0 Å². The number of aromatic hydroxyl groups is 1. The molecule has 6 nitrogen and oxygen atoms in total. The van der Waals surface area contributed by atoms with Crippen LogP contribution in [0.1, 0.15) is 24.8 Å². The standard InChI is InChI=1S/C22H20ClN3O3S/c1-2-29-20-9-14(3-8-19(20)27)17-10-21(28)26-12-25(13-30-22(26)18(17)11-24)16-6-4-15(23)5-7-16/h3-9,17,27H,2,10,12-13H2,1H3/t17-/m1/s1. The van der Waals surface area contributed by atoms with Crippen molar-refractivity contribution in [3.8, 4) is 17.6 Å². The number of rotatable bonds is 4. The number of ether oxygens (including phenoxy) is 1. The third-order valence-corrected chi connectivity index (χ3v) is 6.58. The summed E-state index contributed by atoms with van der Waals surface area (Å²) in [4.78, 5) is 16.8. The number of anilines is 1. The van der Waals surface area contributed by atoms with Crippen molar-refractivity contribution in [2.45, 2.75) is 19.3 Å². The first-order chi connectivity index (χ1) is 14.5. The number of amides is 1. The van der Waals surface area contributed by atoms with E-state index >= 15 is 0 Å². The Bertz CT molecular complexity index is 1050. The molecule has 0 spiro atoms. The molecular formula is C22H20ClN3O3S. The number of hydrogen-bond donors (Lipinski definition) is 1. The van der Waals surface area contributed by atoms with Gasteiger partial charge >= 0.3 is 0 Å². The normalized spacial score (nSPS) is 18.8. The molecule has 0 saturated carbocycles. The van der Waals surface area contributed by atoms with Crippen molar-refractivity contribution < 1.29 is 14.6 Å². The minimum Gasteiger partial charge on any atom is -0.504 e. The fourth-order valence-corrected chi connectivity index (χ4v) is 4.97. The summed E-state index contributed by atoms with van der Waals surface area (Å²) < 4.78 is 5.48. The molecule has 0 radical (unpaired) electrons. The summed E-state index contributed by atoms with van der Waals surface area (Å²) in [5, 5.41) is 21.3. The van der Waals surface area contributed by atoms with E-state index in [-0.39, 0.29) is 24.0 Å². The summed E-state index contributed by atoms with van der Waals surface area (Å²) in [7, 11) is 0. The summed E-state index contributed by atoms with van der Waals surface area (Å²) in [5.74, 6) is 0.631. The number of carbonyl (C=O) groups is 1. The van der Waals surface area contributed by atoms with Crippen molar-refractivity contribution in [1.82, 2.24) is 4.90 Å². The minimum atomic E-state index is -0.358. The zero-order chi connectivity index (χ0) is 21.3. The number of allylic oxidation sites excluding steroid dienone is 1. The number of halogens is 1. The molecule has 2 aromatic carbocycles. The van der Waals surface area contributed by atoms with Crippen LogP contribution in [0.4, 0.5) is 5.69 Å². The van der Waals surface area contributed by atoms with Crippen LogP contribution in [0.5, 0.6) is 11.5 Å². The zero-order valence-corrected chi connectivity index (χ0v) is 17.9. The van der Waals surface area contributed by atoms with Gasteiger partial charge in [-0.3, -0.25) is 9.69 Å². The van der Waals surface area contributed by atoms with Gasteiger partial charge in [0.25, 0.3) is 0 Å². The Morgan fingerprint density at radius 1 is 1.30 bits per heavy atom. The van der Waals surface area contributed by atoms with Gasteiger partial charge in [0, 0.05) is 23.0 Å². The smallest absolute Gasteiger partial charge is 0.229 e.